The molecule has 2 unspecified atom stereocenters. The molecule has 0 saturated carbocycles. The standard InChI is InChI=1S/C14H28O4/c1-8-14(6,7)18-17-11(12(15)16)10(2)9-13(3,4)5/h10-11H,8-9H2,1-7H3,(H,15,16). The van der Waals surface area contributed by atoms with Crippen molar-refractivity contribution in [2.75, 3.05) is 0 Å². The van der Waals surface area contributed by atoms with Crippen LogP contribution in [-0.2, 0) is 14.6 Å². The second kappa shape index (κ2) is 6.53. The zero-order chi connectivity index (χ0) is 14.6. The Morgan fingerprint density at radius 2 is 1.72 bits per heavy atom. The van der Waals surface area contributed by atoms with Crippen molar-refractivity contribution in [3.05, 3.63) is 0 Å². The summed E-state index contributed by atoms with van der Waals surface area (Å²) in [5, 5.41) is 9.21. The lowest BCUT2D eigenvalue weighted by atomic mass is 9.83. The molecule has 0 aromatic carbocycles. The van der Waals surface area contributed by atoms with Crippen molar-refractivity contribution in [3.8, 4) is 0 Å². The Morgan fingerprint density at radius 1 is 1.22 bits per heavy atom. The highest BCUT2D eigenvalue weighted by molar-refractivity contribution is 5.72. The normalized spacial score (nSPS) is 16.4. The van der Waals surface area contributed by atoms with Crippen LogP contribution in [-0.4, -0.2) is 22.8 Å². The molecule has 108 valence electrons. The van der Waals surface area contributed by atoms with Gasteiger partial charge in [0.15, 0.2) is 6.10 Å². The van der Waals surface area contributed by atoms with Crippen LogP contribution in [0.4, 0.5) is 0 Å². The van der Waals surface area contributed by atoms with E-state index in [9.17, 15) is 9.90 Å². The van der Waals surface area contributed by atoms with E-state index in [1.807, 2.05) is 27.7 Å². The summed E-state index contributed by atoms with van der Waals surface area (Å²) in [6.07, 6.45) is 0.599. The van der Waals surface area contributed by atoms with Gasteiger partial charge in [0, 0.05) is 0 Å². The van der Waals surface area contributed by atoms with Crippen LogP contribution < -0.4 is 0 Å². The molecule has 0 aromatic heterocycles. The fourth-order valence-corrected chi connectivity index (χ4v) is 1.69. The minimum absolute atomic E-state index is 0.0662. The van der Waals surface area contributed by atoms with Gasteiger partial charge in [0.2, 0.25) is 0 Å². The molecule has 0 heterocycles. The van der Waals surface area contributed by atoms with E-state index in [1.165, 1.54) is 0 Å². The van der Waals surface area contributed by atoms with Crippen molar-refractivity contribution in [1.29, 1.82) is 0 Å². The Hall–Kier alpha value is -0.610. The van der Waals surface area contributed by atoms with Crippen molar-refractivity contribution < 1.29 is 19.7 Å². The van der Waals surface area contributed by atoms with Gasteiger partial charge in [-0.25, -0.2) is 14.6 Å². The van der Waals surface area contributed by atoms with Crippen LogP contribution >= 0.6 is 0 Å². The highest BCUT2D eigenvalue weighted by Gasteiger charge is 2.32. The molecule has 0 rings (SSSR count). The maximum atomic E-state index is 11.2. The van der Waals surface area contributed by atoms with Gasteiger partial charge in [-0.1, -0.05) is 34.6 Å². The van der Waals surface area contributed by atoms with Gasteiger partial charge in [-0.05, 0) is 38.0 Å². The van der Waals surface area contributed by atoms with Gasteiger partial charge in [-0.2, -0.15) is 0 Å². The highest BCUT2D eigenvalue weighted by atomic mass is 17.2. The number of aliphatic carboxylic acids is 1. The van der Waals surface area contributed by atoms with Crippen molar-refractivity contribution in [2.24, 2.45) is 11.3 Å². The molecule has 4 nitrogen and oxygen atoms in total. The van der Waals surface area contributed by atoms with Crippen LogP contribution in [0.3, 0.4) is 0 Å². The zero-order valence-electron chi connectivity index (χ0n) is 12.7. The van der Waals surface area contributed by atoms with E-state index in [2.05, 4.69) is 20.8 Å². The number of carboxylic acids is 1. The molecule has 0 spiro atoms. The summed E-state index contributed by atoms with van der Waals surface area (Å²) in [5.74, 6) is -1.08. The highest BCUT2D eigenvalue weighted by Crippen LogP contribution is 2.28. The van der Waals surface area contributed by atoms with E-state index in [0.29, 0.717) is 0 Å². The molecule has 18 heavy (non-hydrogen) atoms. The van der Waals surface area contributed by atoms with Crippen molar-refractivity contribution in [3.63, 3.8) is 0 Å². The Kier molecular flexibility index (Phi) is 6.30. The zero-order valence-corrected chi connectivity index (χ0v) is 12.7. The lowest BCUT2D eigenvalue weighted by molar-refractivity contribution is -0.378. The third-order valence-corrected chi connectivity index (χ3v) is 2.92. The van der Waals surface area contributed by atoms with Gasteiger partial charge >= 0.3 is 5.97 Å². The minimum atomic E-state index is -0.973. The lowest BCUT2D eigenvalue weighted by Gasteiger charge is -2.29. The second-order valence-electron chi connectivity index (χ2n) is 6.79. The molecule has 0 aliphatic heterocycles. The van der Waals surface area contributed by atoms with E-state index in [0.717, 1.165) is 12.8 Å². The third kappa shape index (κ3) is 6.97. The first-order valence-electron chi connectivity index (χ1n) is 6.56. The van der Waals surface area contributed by atoms with E-state index in [-0.39, 0.29) is 11.3 Å². The van der Waals surface area contributed by atoms with E-state index < -0.39 is 17.7 Å². The average Bonchev–Trinajstić information content (AvgIpc) is 2.14. The molecule has 4 heteroatoms. The van der Waals surface area contributed by atoms with E-state index in [1.54, 1.807) is 0 Å². The molecule has 0 bridgehead atoms. The number of hydrogen-bond acceptors (Lipinski definition) is 3. The lowest BCUT2D eigenvalue weighted by Crippen LogP contribution is -2.36. The third-order valence-electron chi connectivity index (χ3n) is 2.92. The van der Waals surface area contributed by atoms with E-state index in [4.69, 9.17) is 9.78 Å². The molecule has 2 atom stereocenters. The molecule has 0 aromatic rings. The topological polar surface area (TPSA) is 55.8 Å². The molecule has 1 N–H and O–H groups in total. The summed E-state index contributed by atoms with van der Waals surface area (Å²) < 4.78 is 0. The fourth-order valence-electron chi connectivity index (χ4n) is 1.69. The first kappa shape index (κ1) is 17.4. The molecule has 0 aliphatic rings. The number of rotatable bonds is 7. The largest absolute Gasteiger partial charge is 0.479 e. The summed E-state index contributed by atoms with van der Waals surface area (Å²) in [4.78, 5) is 21.7. The molecular weight excluding hydrogens is 232 g/mol. The summed E-state index contributed by atoms with van der Waals surface area (Å²) in [7, 11) is 0. The van der Waals surface area contributed by atoms with Gasteiger partial charge in [0.25, 0.3) is 0 Å². The van der Waals surface area contributed by atoms with Crippen LogP contribution in [0.25, 0.3) is 0 Å². The summed E-state index contributed by atoms with van der Waals surface area (Å²) in [6, 6.07) is 0. The smallest absolute Gasteiger partial charge is 0.336 e. The predicted octanol–water partition coefficient (Wildman–Crippen LogP) is 3.65. The Labute approximate surface area is 111 Å². The van der Waals surface area contributed by atoms with Crippen LogP contribution in [0, 0.1) is 11.3 Å². The van der Waals surface area contributed by atoms with Crippen LogP contribution in [0.15, 0.2) is 0 Å². The first-order chi connectivity index (χ1) is 7.98. The van der Waals surface area contributed by atoms with Gasteiger partial charge in [0.05, 0.1) is 5.60 Å². The maximum Gasteiger partial charge on any atom is 0.336 e. The molecule has 0 radical (unpaired) electrons. The molecule has 0 saturated heterocycles. The fraction of sp³-hybridized carbons (Fsp3) is 0.929. The van der Waals surface area contributed by atoms with Crippen molar-refractivity contribution >= 4 is 5.97 Å². The summed E-state index contributed by atoms with van der Waals surface area (Å²) in [6.45, 7) is 13.8. The average molecular weight is 260 g/mol. The quantitative estimate of drug-likeness (QED) is 0.561. The summed E-state index contributed by atoms with van der Waals surface area (Å²) >= 11 is 0. The Bertz CT molecular complexity index is 265. The van der Waals surface area contributed by atoms with Gasteiger partial charge in [-0.15, -0.1) is 0 Å². The van der Waals surface area contributed by atoms with Crippen LogP contribution in [0.2, 0.25) is 0 Å². The molecule has 0 amide bonds. The van der Waals surface area contributed by atoms with Crippen LogP contribution in [0.1, 0.15) is 61.3 Å². The molecular formula is C14H28O4. The number of carboxylic acid groups (broad SMARTS) is 1. The van der Waals surface area contributed by atoms with Crippen molar-refractivity contribution in [1.82, 2.24) is 0 Å². The number of hydrogen-bond donors (Lipinski definition) is 1. The molecule has 0 aliphatic carbocycles. The van der Waals surface area contributed by atoms with Crippen LogP contribution in [0.5, 0.6) is 0 Å². The van der Waals surface area contributed by atoms with Crippen molar-refractivity contribution in [2.45, 2.75) is 73.0 Å². The van der Waals surface area contributed by atoms with Gasteiger partial charge < -0.3 is 5.11 Å². The first-order valence-corrected chi connectivity index (χ1v) is 6.56. The summed E-state index contributed by atoms with van der Waals surface area (Å²) in [5.41, 5.74) is -0.397. The monoisotopic (exact) mass is 260 g/mol. The Morgan fingerprint density at radius 3 is 2.06 bits per heavy atom. The Balaban J connectivity index is 4.54. The van der Waals surface area contributed by atoms with Gasteiger partial charge in [-0.3, -0.25) is 0 Å². The minimum Gasteiger partial charge on any atom is -0.479 e. The predicted molar refractivity (Wildman–Crippen MR) is 71.2 cm³/mol. The van der Waals surface area contributed by atoms with Gasteiger partial charge in [0.1, 0.15) is 0 Å². The maximum absolute atomic E-state index is 11.2. The molecule has 0 fully saturated rings. The SMILES string of the molecule is CCC(C)(C)OOC(C(=O)O)C(C)CC(C)(C)C. The van der Waals surface area contributed by atoms with E-state index >= 15 is 0 Å². The number of carbonyl (C=O) groups is 1. The second-order valence-corrected chi connectivity index (χ2v) is 6.79.